The Bertz CT molecular complexity index is 289. The molecule has 0 radical (unpaired) electrons. The third-order valence-electron chi connectivity index (χ3n) is 1.51. The molecule has 3 heteroatoms. The van der Waals surface area contributed by atoms with Crippen LogP contribution in [-0.4, -0.2) is 13.0 Å². The Morgan fingerprint density at radius 3 is 2.58 bits per heavy atom. The van der Waals surface area contributed by atoms with E-state index in [1.54, 1.807) is 6.07 Å². The molecule has 0 unspecified atom stereocenters. The second-order valence-corrected chi connectivity index (χ2v) is 2.99. The number of hydrogen-bond donors (Lipinski definition) is 1. The van der Waals surface area contributed by atoms with Gasteiger partial charge >= 0.3 is 0 Å². The van der Waals surface area contributed by atoms with Gasteiger partial charge in [0.25, 0.3) is 0 Å². The highest BCUT2D eigenvalue weighted by Crippen LogP contribution is 2.14. The highest BCUT2D eigenvalue weighted by atomic mass is 35.5. The summed E-state index contributed by atoms with van der Waals surface area (Å²) in [6.45, 7) is 1.93. The lowest BCUT2D eigenvalue weighted by molar-refractivity contribution is 0.401. The van der Waals surface area contributed by atoms with Crippen LogP contribution in [0.25, 0.3) is 0 Å². The zero-order valence-corrected chi connectivity index (χ0v) is 7.77. The molecule has 0 fully saturated rings. The van der Waals surface area contributed by atoms with Gasteiger partial charge in [-0.1, -0.05) is 11.6 Å². The van der Waals surface area contributed by atoms with E-state index >= 15 is 0 Å². The maximum Gasteiger partial charge on any atom is 0.212 e. The molecule has 1 aromatic carbocycles. The molecule has 0 amide bonds. The van der Waals surface area contributed by atoms with Gasteiger partial charge in [0.05, 0.1) is 7.11 Å². The standard InChI is InChI=1S/C9H10ClNO/c1-6-3-7(9(11)12-2)5-8(10)4-6/h3-5,11H,1-2H3. The number of halogens is 1. The molecule has 2 nitrogen and oxygen atoms in total. The van der Waals surface area contributed by atoms with Crippen molar-refractivity contribution in [3.8, 4) is 0 Å². The first-order chi connectivity index (χ1) is 5.63. The van der Waals surface area contributed by atoms with Crippen LogP contribution in [0.1, 0.15) is 11.1 Å². The fourth-order valence-corrected chi connectivity index (χ4v) is 1.27. The van der Waals surface area contributed by atoms with Crippen molar-refractivity contribution in [3.05, 3.63) is 34.3 Å². The minimum absolute atomic E-state index is 0.139. The van der Waals surface area contributed by atoms with Crippen LogP contribution in [-0.2, 0) is 4.74 Å². The predicted molar refractivity (Wildman–Crippen MR) is 50.0 cm³/mol. The summed E-state index contributed by atoms with van der Waals surface area (Å²) in [7, 11) is 1.47. The number of benzene rings is 1. The summed E-state index contributed by atoms with van der Waals surface area (Å²) in [5, 5.41) is 8.02. The molecule has 0 aromatic heterocycles. The maximum atomic E-state index is 7.39. The minimum atomic E-state index is 0.139. The summed E-state index contributed by atoms with van der Waals surface area (Å²) in [6.07, 6.45) is 0. The summed E-state index contributed by atoms with van der Waals surface area (Å²) >= 11 is 5.80. The zero-order chi connectivity index (χ0) is 9.14. The van der Waals surface area contributed by atoms with Gasteiger partial charge in [-0.3, -0.25) is 5.41 Å². The Labute approximate surface area is 76.6 Å². The highest BCUT2D eigenvalue weighted by Gasteiger charge is 2.02. The number of rotatable bonds is 1. The second-order valence-electron chi connectivity index (χ2n) is 2.55. The molecule has 0 atom stereocenters. The monoisotopic (exact) mass is 183 g/mol. The molecular formula is C9H10ClNO. The summed E-state index contributed by atoms with van der Waals surface area (Å²) in [5.41, 5.74) is 1.74. The fraction of sp³-hybridized carbons (Fsp3) is 0.222. The lowest BCUT2D eigenvalue weighted by Crippen LogP contribution is -2.01. The molecule has 0 spiro atoms. The van der Waals surface area contributed by atoms with E-state index in [1.165, 1.54) is 7.11 Å². The molecule has 0 bridgehead atoms. The largest absolute Gasteiger partial charge is 0.481 e. The Hall–Kier alpha value is -1.02. The third-order valence-corrected chi connectivity index (χ3v) is 1.73. The lowest BCUT2D eigenvalue weighted by Gasteiger charge is -2.03. The van der Waals surface area contributed by atoms with Gasteiger partial charge in [0.1, 0.15) is 0 Å². The molecule has 0 aliphatic heterocycles. The number of hydrogen-bond acceptors (Lipinski definition) is 2. The van der Waals surface area contributed by atoms with Crippen LogP contribution >= 0.6 is 11.6 Å². The molecule has 0 saturated heterocycles. The van der Waals surface area contributed by atoms with Crippen LogP contribution in [0.5, 0.6) is 0 Å². The molecule has 0 saturated carbocycles. The molecule has 0 heterocycles. The topological polar surface area (TPSA) is 33.1 Å². The third kappa shape index (κ3) is 1.98. The average molecular weight is 184 g/mol. The molecule has 1 aromatic rings. The lowest BCUT2D eigenvalue weighted by atomic mass is 10.1. The number of methoxy groups -OCH3 is 1. The van der Waals surface area contributed by atoms with E-state index in [0.29, 0.717) is 10.6 Å². The van der Waals surface area contributed by atoms with Crippen LogP contribution < -0.4 is 0 Å². The number of aryl methyl sites for hydroxylation is 1. The van der Waals surface area contributed by atoms with Crippen LogP contribution in [0.3, 0.4) is 0 Å². The van der Waals surface area contributed by atoms with Crippen LogP contribution in [0.15, 0.2) is 18.2 Å². The first-order valence-electron chi connectivity index (χ1n) is 3.53. The molecular weight excluding hydrogens is 174 g/mol. The normalized spacial score (nSPS) is 9.58. The molecule has 1 N–H and O–H groups in total. The van der Waals surface area contributed by atoms with Gasteiger partial charge in [0.2, 0.25) is 5.90 Å². The Morgan fingerprint density at radius 2 is 2.08 bits per heavy atom. The molecule has 0 aliphatic rings. The van der Waals surface area contributed by atoms with E-state index in [-0.39, 0.29) is 5.90 Å². The van der Waals surface area contributed by atoms with Crippen molar-refractivity contribution in [2.45, 2.75) is 6.92 Å². The second kappa shape index (κ2) is 3.59. The van der Waals surface area contributed by atoms with Crippen molar-refractivity contribution in [2.24, 2.45) is 0 Å². The van der Waals surface area contributed by atoms with Crippen molar-refractivity contribution < 1.29 is 4.74 Å². The van der Waals surface area contributed by atoms with Crippen molar-refractivity contribution in [1.82, 2.24) is 0 Å². The molecule has 12 heavy (non-hydrogen) atoms. The summed E-state index contributed by atoms with van der Waals surface area (Å²) in [5.74, 6) is 0.139. The predicted octanol–water partition coefficient (Wildman–Crippen LogP) is 2.62. The van der Waals surface area contributed by atoms with Crippen molar-refractivity contribution in [1.29, 1.82) is 5.41 Å². The van der Waals surface area contributed by atoms with E-state index in [4.69, 9.17) is 21.7 Å². The first kappa shape index (κ1) is 9.07. The van der Waals surface area contributed by atoms with Crippen LogP contribution in [0.4, 0.5) is 0 Å². The van der Waals surface area contributed by atoms with Crippen molar-refractivity contribution in [3.63, 3.8) is 0 Å². The summed E-state index contributed by atoms with van der Waals surface area (Å²) in [4.78, 5) is 0. The highest BCUT2D eigenvalue weighted by molar-refractivity contribution is 6.31. The van der Waals surface area contributed by atoms with E-state index < -0.39 is 0 Å². The minimum Gasteiger partial charge on any atom is -0.481 e. The Balaban J connectivity index is 3.08. The first-order valence-corrected chi connectivity index (χ1v) is 3.91. The van der Waals surface area contributed by atoms with Crippen LogP contribution in [0, 0.1) is 12.3 Å². The van der Waals surface area contributed by atoms with Gasteiger partial charge in [-0.05, 0) is 30.7 Å². The number of ether oxygens (including phenoxy) is 1. The van der Waals surface area contributed by atoms with Gasteiger partial charge < -0.3 is 4.74 Å². The van der Waals surface area contributed by atoms with Gasteiger partial charge in [-0.25, -0.2) is 0 Å². The molecule has 64 valence electrons. The Morgan fingerprint density at radius 1 is 1.42 bits per heavy atom. The fourth-order valence-electron chi connectivity index (χ4n) is 0.985. The molecule has 0 aliphatic carbocycles. The quantitative estimate of drug-likeness (QED) is 0.527. The van der Waals surface area contributed by atoms with E-state index in [2.05, 4.69) is 0 Å². The van der Waals surface area contributed by atoms with E-state index in [9.17, 15) is 0 Å². The van der Waals surface area contributed by atoms with Crippen LogP contribution in [0.2, 0.25) is 5.02 Å². The SMILES string of the molecule is COC(=N)c1cc(C)cc(Cl)c1. The van der Waals surface area contributed by atoms with E-state index in [1.807, 2.05) is 19.1 Å². The van der Waals surface area contributed by atoms with Crippen molar-refractivity contribution in [2.75, 3.05) is 7.11 Å². The molecule has 1 rings (SSSR count). The summed E-state index contributed by atoms with van der Waals surface area (Å²) < 4.78 is 4.77. The zero-order valence-electron chi connectivity index (χ0n) is 7.02. The number of nitrogens with one attached hydrogen (secondary N) is 1. The van der Waals surface area contributed by atoms with Gasteiger partial charge in [-0.2, -0.15) is 0 Å². The average Bonchev–Trinajstić information content (AvgIpc) is 2.01. The summed E-state index contributed by atoms with van der Waals surface area (Å²) in [6, 6.07) is 5.41. The smallest absolute Gasteiger partial charge is 0.212 e. The van der Waals surface area contributed by atoms with Crippen molar-refractivity contribution >= 4 is 17.5 Å². The van der Waals surface area contributed by atoms with Gasteiger partial charge in [-0.15, -0.1) is 0 Å². The van der Waals surface area contributed by atoms with Gasteiger partial charge in [0, 0.05) is 10.6 Å². The Kier molecular flexibility index (Phi) is 2.71. The maximum absolute atomic E-state index is 7.39. The van der Waals surface area contributed by atoms with Gasteiger partial charge in [0.15, 0.2) is 0 Å². The van der Waals surface area contributed by atoms with E-state index in [0.717, 1.165) is 5.56 Å².